The fourth-order valence-electron chi connectivity index (χ4n) is 4.71. The Morgan fingerprint density at radius 2 is 2.07 bits per heavy atom. The first kappa shape index (κ1) is 20.9. The molecule has 1 aromatic heterocycles. The van der Waals surface area contributed by atoms with Crippen molar-refractivity contribution < 1.29 is 23.8 Å². The van der Waals surface area contributed by atoms with E-state index in [0.29, 0.717) is 43.4 Å². The molecule has 2 aromatic rings. The molecular weight excluding hydrogens is 394 g/mol. The fourth-order valence-corrected chi connectivity index (χ4v) is 4.71. The van der Waals surface area contributed by atoms with Crippen molar-refractivity contribution in [2.45, 2.75) is 70.1 Å². The van der Waals surface area contributed by atoms with Crippen LogP contribution in [0.5, 0.6) is 0 Å². The van der Waals surface area contributed by atoms with Crippen LogP contribution in [0.3, 0.4) is 0 Å². The zero-order valence-corrected chi connectivity index (χ0v) is 16.9. The summed E-state index contributed by atoms with van der Waals surface area (Å²) in [6, 6.07) is 0.964. The first-order valence-electron chi connectivity index (χ1n) is 10.6. The smallest absolute Gasteiger partial charge is 0.341 e. The largest absolute Gasteiger partial charge is 0.477 e. The molecule has 1 aliphatic heterocycles. The van der Waals surface area contributed by atoms with Gasteiger partial charge in [0.25, 0.3) is 0 Å². The number of aliphatic hydroxyl groups is 1. The van der Waals surface area contributed by atoms with E-state index in [-0.39, 0.29) is 41.1 Å². The number of aromatic nitrogens is 1. The molecule has 162 valence electrons. The molecule has 0 radical (unpaired) electrons. The molecule has 1 aliphatic carbocycles. The molecule has 8 heteroatoms. The van der Waals surface area contributed by atoms with Gasteiger partial charge in [-0.1, -0.05) is 6.92 Å². The highest BCUT2D eigenvalue weighted by molar-refractivity contribution is 5.95. The van der Waals surface area contributed by atoms with Gasteiger partial charge in [-0.15, -0.1) is 0 Å². The maximum absolute atomic E-state index is 14.9. The first-order chi connectivity index (χ1) is 14.3. The maximum Gasteiger partial charge on any atom is 0.341 e. The van der Waals surface area contributed by atoms with E-state index in [9.17, 15) is 28.6 Å². The lowest BCUT2D eigenvalue weighted by molar-refractivity contribution is 0.0693. The Morgan fingerprint density at radius 3 is 2.63 bits per heavy atom. The number of nitrogens with zero attached hydrogens (tertiary/aromatic N) is 1. The van der Waals surface area contributed by atoms with Gasteiger partial charge in [-0.25, -0.2) is 13.6 Å². The summed E-state index contributed by atoms with van der Waals surface area (Å²) in [7, 11) is 0. The normalized spacial score (nSPS) is 21.5. The Hall–Kier alpha value is -2.32. The summed E-state index contributed by atoms with van der Waals surface area (Å²) in [5.41, 5.74) is -0.262. The van der Waals surface area contributed by atoms with Crippen molar-refractivity contribution in [2.75, 3.05) is 6.54 Å². The van der Waals surface area contributed by atoms with E-state index in [1.54, 1.807) is 11.5 Å². The molecule has 2 aliphatic rings. The average molecular weight is 420 g/mol. The molecule has 2 fully saturated rings. The van der Waals surface area contributed by atoms with Gasteiger partial charge < -0.3 is 20.1 Å². The molecule has 4 rings (SSSR count). The summed E-state index contributed by atoms with van der Waals surface area (Å²) in [5.74, 6) is -3.45. The standard InChI is InChI=1S/C22H26F2N2O4/c1-2-17-18(22(29)30)21(28)15-9-16(23)19(24)14(20(15)26(17)12-6-7-12)5-3-4-11-8-13(27)10-25-11/h9,11-13,25,27H,2-8,10H2,1H3,(H,29,30)/t11-,13-/m1/s1. The van der Waals surface area contributed by atoms with Crippen LogP contribution in [-0.4, -0.2) is 39.4 Å². The van der Waals surface area contributed by atoms with Gasteiger partial charge in [-0.3, -0.25) is 4.79 Å². The zero-order valence-electron chi connectivity index (χ0n) is 16.9. The van der Waals surface area contributed by atoms with Crippen LogP contribution in [0.15, 0.2) is 10.9 Å². The molecule has 2 atom stereocenters. The number of rotatable bonds is 7. The minimum Gasteiger partial charge on any atom is -0.477 e. The number of aryl methyl sites for hydroxylation is 1. The number of aliphatic hydroxyl groups excluding tert-OH is 1. The van der Waals surface area contributed by atoms with Crippen molar-refractivity contribution in [3.8, 4) is 0 Å². The number of carboxylic acids is 1. The van der Waals surface area contributed by atoms with Gasteiger partial charge in [-0.2, -0.15) is 0 Å². The van der Waals surface area contributed by atoms with Crippen LogP contribution >= 0.6 is 0 Å². The molecule has 0 amide bonds. The molecule has 0 bridgehead atoms. The van der Waals surface area contributed by atoms with Crippen molar-refractivity contribution >= 4 is 16.9 Å². The third kappa shape index (κ3) is 3.63. The van der Waals surface area contributed by atoms with Crippen molar-refractivity contribution in [1.82, 2.24) is 9.88 Å². The van der Waals surface area contributed by atoms with Crippen molar-refractivity contribution in [3.05, 3.63) is 44.7 Å². The van der Waals surface area contributed by atoms with Crippen LogP contribution in [0.4, 0.5) is 8.78 Å². The second-order valence-electron chi connectivity index (χ2n) is 8.34. The van der Waals surface area contributed by atoms with E-state index in [1.807, 2.05) is 0 Å². The number of hydrogen-bond donors (Lipinski definition) is 3. The summed E-state index contributed by atoms with van der Waals surface area (Å²) in [6.45, 7) is 2.30. The van der Waals surface area contributed by atoms with Crippen molar-refractivity contribution in [2.24, 2.45) is 0 Å². The number of halogens is 2. The monoisotopic (exact) mass is 420 g/mol. The number of aromatic carboxylic acids is 1. The molecule has 1 aromatic carbocycles. The molecule has 3 N–H and O–H groups in total. The number of carboxylic acid groups (broad SMARTS) is 1. The van der Waals surface area contributed by atoms with E-state index in [1.165, 1.54) is 0 Å². The SMILES string of the molecule is CCc1c(C(=O)O)c(=O)c2cc(F)c(F)c(CCC[C@@H]3C[C@@H](O)CN3)c2n1C1CC1. The maximum atomic E-state index is 14.9. The van der Waals surface area contributed by atoms with Gasteiger partial charge in [0, 0.05) is 35.3 Å². The number of nitrogens with one attached hydrogen (secondary N) is 1. The lowest BCUT2D eigenvalue weighted by Crippen LogP contribution is -2.25. The Balaban J connectivity index is 1.84. The molecule has 2 heterocycles. The second kappa shape index (κ2) is 8.07. The minimum atomic E-state index is -1.34. The van der Waals surface area contributed by atoms with Crippen LogP contribution in [0.1, 0.15) is 66.7 Å². The minimum absolute atomic E-state index is 0.00333. The quantitative estimate of drug-likeness (QED) is 0.641. The van der Waals surface area contributed by atoms with Gasteiger partial charge in [0.05, 0.1) is 11.6 Å². The Labute approximate surface area is 172 Å². The van der Waals surface area contributed by atoms with Crippen LogP contribution in [0.2, 0.25) is 0 Å². The molecular formula is C22H26F2N2O4. The highest BCUT2D eigenvalue weighted by Crippen LogP contribution is 2.40. The van der Waals surface area contributed by atoms with Gasteiger partial charge in [0.15, 0.2) is 11.6 Å². The fraction of sp³-hybridized carbons (Fsp3) is 0.545. The third-order valence-corrected chi connectivity index (χ3v) is 6.22. The Bertz CT molecular complexity index is 1060. The summed E-state index contributed by atoms with van der Waals surface area (Å²) >= 11 is 0. The number of fused-ring (bicyclic) bond motifs is 1. The third-order valence-electron chi connectivity index (χ3n) is 6.22. The number of β-amino-alcohol motifs (C(OH)–C–C–N with tert-alkyl or cyclic N) is 1. The number of carbonyl (C=O) groups is 1. The van der Waals surface area contributed by atoms with E-state index >= 15 is 0 Å². The highest BCUT2D eigenvalue weighted by Gasteiger charge is 2.33. The van der Waals surface area contributed by atoms with Gasteiger partial charge in [0.2, 0.25) is 5.43 Å². The van der Waals surface area contributed by atoms with E-state index in [4.69, 9.17) is 0 Å². The molecule has 1 saturated heterocycles. The predicted octanol–water partition coefficient (Wildman–Crippen LogP) is 2.92. The average Bonchev–Trinajstić information content (AvgIpc) is 3.45. The molecule has 1 saturated carbocycles. The van der Waals surface area contributed by atoms with Gasteiger partial charge in [0.1, 0.15) is 5.56 Å². The van der Waals surface area contributed by atoms with Crippen LogP contribution in [0.25, 0.3) is 10.9 Å². The van der Waals surface area contributed by atoms with Gasteiger partial charge in [-0.05, 0) is 51.0 Å². The second-order valence-corrected chi connectivity index (χ2v) is 8.34. The summed E-state index contributed by atoms with van der Waals surface area (Å²) in [6.07, 6.45) is 3.65. The molecule has 30 heavy (non-hydrogen) atoms. The summed E-state index contributed by atoms with van der Waals surface area (Å²) < 4.78 is 31.1. The topological polar surface area (TPSA) is 91.6 Å². The Morgan fingerprint density at radius 1 is 1.33 bits per heavy atom. The van der Waals surface area contributed by atoms with Gasteiger partial charge >= 0.3 is 5.97 Å². The molecule has 0 spiro atoms. The lowest BCUT2D eigenvalue weighted by atomic mass is 9.97. The highest BCUT2D eigenvalue weighted by atomic mass is 19.2. The predicted molar refractivity (Wildman–Crippen MR) is 108 cm³/mol. The summed E-state index contributed by atoms with van der Waals surface area (Å²) in [4.78, 5) is 24.8. The number of hydrogen-bond acceptors (Lipinski definition) is 4. The van der Waals surface area contributed by atoms with Crippen molar-refractivity contribution in [3.63, 3.8) is 0 Å². The van der Waals surface area contributed by atoms with E-state index in [0.717, 1.165) is 18.9 Å². The van der Waals surface area contributed by atoms with Crippen molar-refractivity contribution in [1.29, 1.82) is 0 Å². The van der Waals surface area contributed by atoms with Crippen LogP contribution in [-0.2, 0) is 12.8 Å². The number of pyridine rings is 1. The number of benzene rings is 1. The summed E-state index contributed by atoms with van der Waals surface area (Å²) in [5, 5.41) is 22.4. The zero-order chi connectivity index (χ0) is 21.6. The Kier molecular flexibility index (Phi) is 5.63. The van der Waals surface area contributed by atoms with E-state index < -0.39 is 23.0 Å². The van der Waals surface area contributed by atoms with Crippen LogP contribution in [0, 0.1) is 11.6 Å². The first-order valence-corrected chi connectivity index (χ1v) is 10.6. The van der Waals surface area contributed by atoms with E-state index in [2.05, 4.69) is 5.32 Å². The molecule has 6 nitrogen and oxygen atoms in total. The lowest BCUT2D eigenvalue weighted by Gasteiger charge is -2.21. The molecule has 0 unspecified atom stereocenters. The van der Waals surface area contributed by atoms with Crippen LogP contribution < -0.4 is 10.7 Å².